The number of hydrogen-bond acceptors (Lipinski definition) is 3. The molecule has 0 heterocycles. The van der Waals surface area contributed by atoms with Crippen molar-refractivity contribution in [3.8, 4) is 5.75 Å². The molecule has 0 atom stereocenters. The van der Waals surface area contributed by atoms with Gasteiger partial charge in [0.1, 0.15) is 5.75 Å². The van der Waals surface area contributed by atoms with E-state index in [-0.39, 0.29) is 24.6 Å². The molecular weight excluding hydrogens is 218 g/mol. The summed E-state index contributed by atoms with van der Waals surface area (Å²) in [6.45, 7) is 0.0751. The highest BCUT2D eigenvalue weighted by Gasteiger charge is 2.15. The minimum atomic E-state index is -0.355. The van der Waals surface area contributed by atoms with E-state index in [4.69, 9.17) is 21.4 Å². The fourth-order valence-corrected chi connectivity index (χ4v) is 1.40. The Kier molecular flexibility index (Phi) is 4.39. The molecule has 1 aromatic carbocycles. The van der Waals surface area contributed by atoms with Gasteiger partial charge >= 0.3 is 0 Å². The van der Waals surface area contributed by atoms with Crippen LogP contribution in [0.3, 0.4) is 0 Å². The van der Waals surface area contributed by atoms with Crippen molar-refractivity contribution in [2.75, 3.05) is 20.3 Å². The summed E-state index contributed by atoms with van der Waals surface area (Å²) < 4.78 is 5.02. The van der Waals surface area contributed by atoms with Gasteiger partial charge < -0.3 is 15.2 Å². The molecule has 1 aromatic rings. The van der Waals surface area contributed by atoms with E-state index >= 15 is 0 Å². The topological polar surface area (TPSA) is 58.6 Å². The quantitative estimate of drug-likeness (QED) is 0.812. The maximum Gasteiger partial charge on any atom is 0.256 e. The molecule has 0 fully saturated rings. The molecule has 0 aliphatic heterocycles. The van der Waals surface area contributed by atoms with Crippen LogP contribution in [0.4, 0.5) is 0 Å². The maximum atomic E-state index is 11.6. The van der Waals surface area contributed by atoms with E-state index in [2.05, 4.69) is 5.32 Å². The first-order chi connectivity index (χ1) is 7.20. The van der Waals surface area contributed by atoms with E-state index in [1.165, 1.54) is 7.11 Å². The number of rotatable bonds is 4. The number of nitrogens with one attached hydrogen (secondary N) is 1. The van der Waals surface area contributed by atoms with Gasteiger partial charge in [-0.25, -0.2) is 0 Å². The van der Waals surface area contributed by atoms with Gasteiger partial charge in [0, 0.05) is 6.54 Å². The van der Waals surface area contributed by atoms with Crippen molar-refractivity contribution in [2.45, 2.75) is 0 Å². The van der Waals surface area contributed by atoms with Gasteiger partial charge in [-0.3, -0.25) is 4.79 Å². The Morgan fingerprint density at radius 3 is 2.93 bits per heavy atom. The predicted octanol–water partition coefficient (Wildman–Crippen LogP) is 1.07. The molecule has 15 heavy (non-hydrogen) atoms. The average Bonchev–Trinajstić information content (AvgIpc) is 2.25. The van der Waals surface area contributed by atoms with E-state index in [1.54, 1.807) is 18.2 Å². The predicted molar refractivity (Wildman–Crippen MR) is 57.4 cm³/mol. The first-order valence-electron chi connectivity index (χ1n) is 4.42. The molecule has 1 rings (SSSR count). The van der Waals surface area contributed by atoms with Crippen molar-refractivity contribution in [2.24, 2.45) is 0 Å². The summed E-state index contributed by atoms with van der Waals surface area (Å²) in [6, 6.07) is 4.96. The molecule has 0 aromatic heterocycles. The SMILES string of the molecule is COc1cccc(Cl)c1C(=O)NCCO. The number of carbonyl (C=O) groups excluding carboxylic acids is 1. The van der Waals surface area contributed by atoms with Gasteiger partial charge in [0.25, 0.3) is 5.91 Å². The lowest BCUT2D eigenvalue weighted by atomic mass is 10.2. The second kappa shape index (κ2) is 5.58. The van der Waals surface area contributed by atoms with Crippen LogP contribution < -0.4 is 10.1 Å². The Labute approximate surface area is 92.8 Å². The lowest BCUT2D eigenvalue weighted by Crippen LogP contribution is -2.27. The van der Waals surface area contributed by atoms with Crippen LogP contribution in [0.5, 0.6) is 5.75 Å². The number of halogens is 1. The second-order valence-electron chi connectivity index (χ2n) is 2.80. The lowest BCUT2D eigenvalue weighted by Gasteiger charge is -2.09. The molecule has 5 heteroatoms. The molecule has 0 bridgehead atoms. The molecule has 1 amide bonds. The van der Waals surface area contributed by atoms with Crippen LogP contribution in [0, 0.1) is 0 Å². The zero-order valence-corrected chi connectivity index (χ0v) is 9.04. The molecule has 0 saturated carbocycles. The highest BCUT2D eigenvalue weighted by atomic mass is 35.5. The molecule has 2 N–H and O–H groups in total. The Bertz CT molecular complexity index is 355. The maximum absolute atomic E-state index is 11.6. The summed E-state index contributed by atoms with van der Waals surface area (Å²) >= 11 is 5.88. The average molecular weight is 230 g/mol. The van der Waals surface area contributed by atoms with Crippen molar-refractivity contribution >= 4 is 17.5 Å². The third-order valence-corrected chi connectivity index (χ3v) is 2.13. The van der Waals surface area contributed by atoms with E-state index in [1.807, 2.05) is 0 Å². The third-order valence-electron chi connectivity index (χ3n) is 1.82. The first kappa shape index (κ1) is 11.8. The number of benzene rings is 1. The molecule has 0 aliphatic rings. The summed E-state index contributed by atoms with van der Waals surface area (Å²) in [4.78, 5) is 11.6. The molecule has 82 valence electrons. The second-order valence-corrected chi connectivity index (χ2v) is 3.20. The van der Waals surface area contributed by atoms with Gasteiger partial charge in [-0.05, 0) is 12.1 Å². The van der Waals surface area contributed by atoms with Crippen LogP contribution in [0.25, 0.3) is 0 Å². The van der Waals surface area contributed by atoms with Crippen molar-refractivity contribution in [3.63, 3.8) is 0 Å². The van der Waals surface area contributed by atoms with Crippen LogP contribution in [-0.4, -0.2) is 31.3 Å². The van der Waals surface area contributed by atoms with Gasteiger partial charge in [-0.15, -0.1) is 0 Å². The largest absolute Gasteiger partial charge is 0.496 e. The normalized spacial score (nSPS) is 9.80. The zero-order chi connectivity index (χ0) is 11.3. The van der Waals surface area contributed by atoms with E-state index in [0.717, 1.165) is 0 Å². The minimum absolute atomic E-state index is 0.113. The van der Waals surface area contributed by atoms with Crippen molar-refractivity contribution in [1.29, 1.82) is 0 Å². The summed E-state index contributed by atoms with van der Waals surface area (Å²) in [6.07, 6.45) is 0. The number of aliphatic hydroxyl groups excluding tert-OH is 1. The number of ether oxygens (including phenoxy) is 1. The number of amides is 1. The summed E-state index contributed by atoms with van der Waals surface area (Å²) in [5, 5.41) is 11.4. The standard InChI is InChI=1S/C10H12ClNO3/c1-15-8-4-2-3-7(11)9(8)10(14)12-5-6-13/h2-4,13H,5-6H2,1H3,(H,12,14). The zero-order valence-electron chi connectivity index (χ0n) is 8.29. The van der Waals surface area contributed by atoms with Crippen LogP contribution in [0.15, 0.2) is 18.2 Å². The van der Waals surface area contributed by atoms with Crippen molar-refractivity contribution in [3.05, 3.63) is 28.8 Å². The van der Waals surface area contributed by atoms with Gasteiger partial charge in [0.15, 0.2) is 0 Å². The van der Waals surface area contributed by atoms with E-state index in [0.29, 0.717) is 10.8 Å². The fourth-order valence-electron chi connectivity index (χ4n) is 1.15. The molecular formula is C10H12ClNO3. The molecule has 0 unspecified atom stereocenters. The molecule has 0 saturated heterocycles. The highest BCUT2D eigenvalue weighted by Crippen LogP contribution is 2.25. The minimum Gasteiger partial charge on any atom is -0.496 e. The molecule has 0 radical (unpaired) electrons. The number of methoxy groups -OCH3 is 1. The summed E-state index contributed by atoms with van der Waals surface area (Å²) in [5.74, 6) is 0.0597. The number of hydrogen-bond donors (Lipinski definition) is 2. The van der Waals surface area contributed by atoms with Crippen LogP contribution >= 0.6 is 11.6 Å². The third kappa shape index (κ3) is 2.84. The van der Waals surface area contributed by atoms with Crippen LogP contribution in [-0.2, 0) is 0 Å². The van der Waals surface area contributed by atoms with Gasteiger partial charge in [-0.1, -0.05) is 17.7 Å². The van der Waals surface area contributed by atoms with Crippen LogP contribution in [0.1, 0.15) is 10.4 Å². The Morgan fingerprint density at radius 2 is 2.33 bits per heavy atom. The number of carbonyl (C=O) groups is 1. The highest BCUT2D eigenvalue weighted by molar-refractivity contribution is 6.34. The fraction of sp³-hybridized carbons (Fsp3) is 0.300. The Morgan fingerprint density at radius 1 is 1.60 bits per heavy atom. The van der Waals surface area contributed by atoms with Gasteiger partial charge in [0.2, 0.25) is 0 Å². The van der Waals surface area contributed by atoms with Gasteiger partial charge in [0.05, 0.1) is 24.3 Å². The van der Waals surface area contributed by atoms with Gasteiger partial charge in [-0.2, -0.15) is 0 Å². The molecule has 4 nitrogen and oxygen atoms in total. The number of aliphatic hydroxyl groups is 1. The Balaban J connectivity index is 2.95. The molecule has 0 aliphatic carbocycles. The first-order valence-corrected chi connectivity index (χ1v) is 4.80. The monoisotopic (exact) mass is 229 g/mol. The van der Waals surface area contributed by atoms with E-state index < -0.39 is 0 Å². The van der Waals surface area contributed by atoms with Crippen molar-refractivity contribution in [1.82, 2.24) is 5.32 Å². The van der Waals surface area contributed by atoms with Crippen molar-refractivity contribution < 1.29 is 14.6 Å². The van der Waals surface area contributed by atoms with Crippen LogP contribution in [0.2, 0.25) is 5.02 Å². The molecule has 0 spiro atoms. The van der Waals surface area contributed by atoms with E-state index in [9.17, 15) is 4.79 Å². The summed E-state index contributed by atoms with van der Waals surface area (Å²) in [7, 11) is 1.47. The Hall–Kier alpha value is -1.26. The summed E-state index contributed by atoms with van der Waals surface area (Å²) in [5.41, 5.74) is 0.287. The lowest BCUT2D eigenvalue weighted by molar-refractivity contribution is 0.0942. The smallest absolute Gasteiger partial charge is 0.256 e.